The van der Waals surface area contributed by atoms with Crippen molar-refractivity contribution in [3.05, 3.63) is 65.2 Å². The number of phenols is 2. The number of methoxy groups -OCH3 is 1. The highest BCUT2D eigenvalue weighted by molar-refractivity contribution is 6.05. The number of benzene rings is 3. The highest BCUT2D eigenvalue weighted by Crippen LogP contribution is 2.46. The van der Waals surface area contributed by atoms with E-state index >= 15 is 0 Å². The molecule has 5 rings (SSSR count). The Bertz CT molecular complexity index is 1450. The van der Waals surface area contributed by atoms with E-state index in [-0.39, 0.29) is 47.3 Å². The third-order valence-electron chi connectivity index (χ3n) is 6.67. The third-order valence-corrected chi connectivity index (χ3v) is 6.67. The summed E-state index contributed by atoms with van der Waals surface area (Å²) >= 11 is 0. The van der Waals surface area contributed by atoms with E-state index in [1.807, 2.05) is 6.92 Å². The molecule has 2 unspecified atom stereocenters. The lowest BCUT2D eigenvalue weighted by atomic mass is 9.92. The van der Waals surface area contributed by atoms with Crippen LogP contribution in [-0.4, -0.2) is 58.1 Å². The van der Waals surface area contributed by atoms with Crippen molar-refractivity contribution in [2.75, 3.05) is 13.7 Å². The van der Waals surface area contributed by atoms with Crippen LogP contribution in [0.25, 0.3) is 0 Å². The van der Waals surface area contributed by atoms with Crippen LogP contribution in [0.2, 0.25) is 0 Å². The van der Waals surface area contributed by atoms with Crippen molar-refractivity contribution in [2.24, 2.45) is 0 Å². The van der Waals surface area contributed by atoms with Crippen LogP contribution in [-0.2, 0) is 4.79 Å². The van der Waals surface area contributed by atoms with Gasteiger partial charge in [-0.25, -0.2) is 0 Å². The van der Waals surface area contributed by atoms with E-state index in [0.29, 0.717) is 23.3 Å². The maximum atomic E-state index is 13.0. The third kappa shape index (κ3) is 4.96. The normalized spacial score (nSPS) is 21.2. The van der Waals surface area contributed by atoms with Gasteiger partial charge >= 0.3 is 5.97 Å². The molecule has 11 nitrogen and oxygen atoms in total. The summed E-state index contributed by atoms with van der Waals surface area (Å²) in [4.78, 5) is 25.0. The molecular weight excluding hydrogens is 524 g/mol. The van der Waals surface area contributed by atoms with Crippen LogP contribution in [0.4, 0.5) is 0 Å². The molecule has 0 amide bonds. The topological polar surface area (TPSA) is 161 Å². The Morgan fingerprint density at radius 3 is 2.35 bits per heavy atom. The Labute approximate surface area is 229 Å². The summed E-state index contributed by atoms with van der Waals surface area (Å²) in [5.74, 6) is -1.06. The SMILES string of the molecule is CCCC(=O)Oc1cc(O)c2c(c1)O[C@H](c1ccc3c(c1)OC(c1ccc(O)c(OC)c1)C(CO)O3)[C@@H](O)C2=O. The number of Topliss-reactive ketones (excluding diaryl/α,β-unsaturated/α-hetero) is 1. The maximum Gasteiger partial charge on any atom is 0.311 e. The molecule has 0 bridgehead atoms. The molecule has 11 heteroatoms. The molecule has 3 aromatic rings. The van der Waals surface area contributed by atoms with Crippen LogP contribution in [0.15, 0.2) is 48.5 Å². The van der Waals surface area contributed by atoms with Gasteiger partial charge in [0, 0.05) is 24.1 Å². The molecule has 0 saturated heterocycles. The minimum atomic E-state index is -1.66. The summed E-state index contributed by atoms with van der Waals surface area (Å²) in [5, 5.41) is 41.2. The maximum absolute atomic E-state index is 13.0. The molecule has 0 saturated carbocycles. The van der Waals surface area contributed by atoms with Gasteiger partial charge in [-0.2, -0.15) is 0 Å². The number of aromatic hydroxyl groups is 2. The minimum Gasteiger partial charge on any atom is -0.507 e. The molecule has 0 spiro atoms. The standard InChI is InChI=1S/C29H28O11/c1-3-4-24(33)37-16-11-18(32)25-22(12-16)40-29(27(35)26(25)34)15-6-8-19-21(10-15)39-28(23(13-30)38-19)14-5-7-17(31)20(9-14)36-2/h5-12,23,27-32,35H,3-4,13H2,1-2H3/t23?,27-,28?,29+/m0/s1. The smallest absolute Gasteiger partial charge is 0.311 e. The average Bonchev–Trinajstić information content (AvgIpc) is 2.94. The van der Waals surface area contributed by atoms with Gasteiger partial charge in [-0.15, -0.1) is 0 Å². The first-order valence-electron chi connectivity index (χ1n) is 12.7. The summed E-state index contributed by atoms with van der Waals surface area (Å²) in [6, 6.07) is 11.8. The summed E-state index contributed by atoms with van der Waals surface area (Å²) in [5.41, 5.74) is 0.721. The number of ether oxygens (including phenoxy) is 5. The molecule has 2 aliphatic heterocycles. The Morgan fingerprint density at radius 2 is 1.62 bits per heavy atom. The molecule has 210 valence electrons. The van der Waals surface area contributed by atoms with Crippen LogP contribution in [0, 0.1) is 0 Å². The Hall–Kier alpha value is -4.48. The Balaban J connectivity index is 1.46. The lowest BCUT2D eigenvalue weighted by Gasteiger charge is -2.35. The van der Waals surface area contributed by atoms with Gasteiger partial charge < -0.3 is 44.1 Å². The number of hydrogen-bond donors (Lipinski definition) is 4. The van der Waals surface area contributed by atoms with Crippen molar-refractivity contribution in [1.82, 2.24) is 0 Å². The van der Waals surface area contributed by atoms with Gasteiger partial charge in [0.15, 0.2) is 47.4 Å². The van der Waals surface area contributed by atoms with Gasteiger partial charge in [-0.3, -0.25) is 9.59 Å². The van der Waals surface area contributed by atoms with Gasteiger partial charge in [0.05, 0.1) is 13.7 Å². The van der Waals surface area contributed by atoms with Crippen LogP contribution >= 0.6 is 0 Å². The number of hydrogen-bond acceptors (Lipinski definition) is 11. The van der Waals surface area contributed by atoms with Crippen LogP contribution in [0.3, 0.4) is 0 Å². The molecule has 2 heterocycles. The van der Waals surface area contributed by atoms with Gasteiger partial charge in [0.1, 0.15) is 22.8 Å². The number of phenolic OH excluding ortho intramolecular Hbond substituents is 2. The molecule has 3 aromatic carbocycles. The zero-order chi connectivity index (χ0) is 28.6. The Kier molecular flexibility index (Phi) is 7.42. The summed E-state index contributed by atoms with van der Waals surface area (Å²) in [7, 11) is 1.41. The van der Waals surface area contributed by atoms with Crippen molar-refractivity contribution in [1.29, 1.82) is 0 Å². The molecule has 0 fully saturated rings. The van der Waals surface area contributed by atoms with Crippen molar-refractivity contribution < 1.29 is 53.7 Å². The highest BCUT2D eigenvalue weighted by Gasteiger charge is 2.40. The first-order chi connectivity index (χ1) is 19.2. The number of fused-ring (bicyclic) bond motifs is 2. The highest BCUT2D eigenvalue weighted by atomic mass is 16.6. The van der Waals surface area contributed by atoms with E-state index in [9.17, 15) is 30.0 Å². The first kappa shape index (κ1) is 27.1. The van der Waals surface area contributed by atoms with Crippen LogP contribution in [0.1, 0.15) is 53.5 Å². The van der Waals surface area contributed by atoms with Crippen molar-refractivity contribution >= 4 is 11.8 Å². The number of aliphatic hydroxyl groups is 2. The molecular formula is C29H28O11. The second-order valence-corrected chi connectivity index (χ2v) is 9.40. The number of aliphatic hydroxyl groups excluding tert-OH is 2. The van der Waals surface area contributed by atoms with E-state index in [0.717, 1.165) is 6.07 Å². The van der Waals surface area contributed by atoms with Crippen molar-refractivity contribution in [2.45, 2.75) is 44.2 Å². The Morgan fingerprint density at radius 1 is 0.900 bits per heavy atom. The van der Waals surface area contributed by atoms with Crippen LogP contribution in [0.5, 0.6) is 40.2 Å². The number of esters is 1. The molecule has 4 N–H and O–H groups in total. The molecule has 0 aromatic heterocycles. The molecule has 40 heavy (non-hydrogen) atoms. The first-order valence-corrected chi connectivity index (χ1v) is 12.7. The second-order valence-electron chi connectivity index (χ2n) is 9.40. The second kappa shape index (κ2) is 10.9. The van der Waals surface area contributed by atoms with Gasteiger partial charge in [0.25, 0.3) is 0 Å². The fourth-order valence-corrected chi connectivity index (χ4v) is 4.71. The minimum absolute atomic E-state index is 0.00188. The van der Waals surface area contributed by atoms with E-state index in [1.165, 1.54) is 19.2 Å². The summed E-state index contributed by atoms with van der Waals surface area (Å²) in [6.45, 7) is 1.46. The van der Waals surface area contributed by atoms with Gasteiger partial charge in [-0.05, 0) is 36.2 Å². The molecule has 0 aliphatic carbocycles. The van der Waals surface area contributed by atoms with Gasteiger partial charge in [-0.1, -0.05) is 19.1 Å². The number of rotatable bonds is 7. The number of ketones is 1. The predicted octanol–water partition coefficient (Wildman–Crippen LogP) is 3.36. The summed E-state index contributed by atoms with van der Waals surface area (Å²) < 4.78 is 28.5. The predicted molar refractivity (Wildman–Crippen MR) is 138 cm³/mol. The van der Waals surface area contributed by atoms with Crippen molar-refractivity contribution in [3.63, 3.8) is 0 Å². The molecule has 2 aliphatic rings. The fourth-order valence-electron chi connectivity index (χ4n) is 4.71. The molecule has 0 radical (unpaired) electrons. The quantitative estimate of drug-likeness (QED) is 0.251. The van der Waals surface area contributed by atoms with E-state index in [2.05, 4.69) is 0 Å². The fraction of sp³-hybridized carbons (Fsp3) is 0.310. The molecule has 4 atom stereocenters. The zero-order valence-electron chi connectivity index (χ0n) is 21.7. The van der Waals surface area contributed by atoms with E-state index in [4.69, 9.17) is 23.7 Å². The zero-order valence-corrected chi connectivity index (χ0v) is 21.7. The van der Waals surface area contributed by atoms with Crippen LogP contribution < -0.4 is 23.7 Å². The lowest BCUT2D eigenvalue weighted by molar-refractivity contribution is -0.134. The lowest BCUT2D eigenvalue weighted by Crippen LogP contribution is -2.37. The van der Waals surface area contributed by atoms with E-state index < -0.39 is 41.9 Å². The van der Waals surface area contributed by atoms with E-state index in [1.54, 1.807) is 30.3 Å². The van der Waals surface area contributed by atoms with Crippen molar-refractivity contribution in [3.8, 4) is 40.2 Å². The summed E-state index contributed by atoms with van der Waals surface area (Å²) in [6.07, 6.45) is -3.64. The monoisotopic (exact) mass is 552 g/mol. The largest absolute Gasteiger partial charge is 0.507 e. The average molecular weight is 553 g/mol. The van der Waals surface area contributed by atoms with Gasteiger partial charge in [0.2, 0.25) is 5.78 Å². The number of carbonyl (C=O) groups excluding carboxylic acids is 2. The number of carbonyl (C=O) groups is 2.